The molecule has 0 aromatic carbocycles. The maximum Gasteiger partial charge on any atom is 0.00903 e. The van der Waals surface area contributed by atoms with Crippen LogP contribution in [0.5, 0.6) is 0 Å². The van der Waals surface area contributed by atoms with E-state index in [1.165, 1.54) is 12.7 Å². The predicted molar refractivity (Wildman–Crippen MR) is 97.0 cm³/mol. The quantitative estimate of drug-likeness (QED) is 0.344. The van der Waals surface area contributed by atoms with Crippen LogP contribution in [0.2, 0.25) is 0 Å². The van der Waals surface area contributed by atoms with Gasteiger partial charge >= 0.3 is 0 Å². The fourth-order valence-electron chi connectivity index (χ4n) is 3.33. The van der Waals surface area contributed by atoms with Crippen LogP contribution >= 0.6 is 45.2 Å². The van der Waals surface area contributed by atoms with E-state index in [4.69, 9.17) is 0 Å². The number of halogens is 2. The molecule has 3 atom stereocenters. The first kappa shape index (κ1) is 14.8. The van der Waals surface area contributed by atoms with Crippen LogP contribution in [-0.2, 0) is 0 Å². The van der Waals surface area contributed by atoms with Gasteiger partial charge in [0.2, 0.25) is 0 Å². The van der Waals surface area contributed by atoms with Crippen LogP contribution in [0.15, 0.2) is 43.6 Å². The molecule has 0 N–H and O–H groups in total. The van der Waals surface area contributed by atoms with Crippen molar-refractivity contribution < 1.29 is 0 Å². The number of hydrogen-bond acceptors (Lipinski definition) is 0. The molecule has 1 fully saturated rings. The van der Waals surface area contributed by atoms with E-state index in [2.05, 4.69) is 96.8 Å². The van der Waals surface area contributed by atoms with Gasteiger partial charge in [-0.25, -0.2) is 0 Å². The largest absolute Gasteiger partial charge is 0.0989 e. The van der Waals surface area contributed by atoms with Crippen molar-refractivity contribution in [1.82, 2.24) is 0 Å². The second-order valence-electron chi connectivity index (χ2n) is 5.85. The van der Waals surface area contributed by atoms with Gasteiger partial charge in [0, 0.05) is 9.50 Å². The molecule has 0 spiro atoms. The summed E-state index contributed by atoms with van der Waals surface area (Å²) in [7, 11) is 0. The first-order chi connectivity index (χ1) is 8.37. The van der Waals surface area contributed by atoms with Crippen molar-refractivity contribution >= 4 is 45.2 Å². The predicted octanol–water partition coefficient (Wildman–Crippen LogP) is 6.05. The van der Waals surface area contributed by atoms with Crippen molar-refractivity contribution in [3.63, 3.8) is 0 Å². The van der Waals surface area contributed by atoms with Crippen LogP contribution < -0.4 is 0 Å². The smallest absolute Gasteiger partial charge is 0.00903 e. The van der Waals surface area contributed by atoms with Gasteiger partial charge in [-0.05, 0) is 79.4 Å². The SMILES string of the molecule is C=C1C2C=CC(I)=C[C@@H]2C(C)(C)C1C/C(I)=C\C. The highest BCUT2D eigenvalue weighted by atomic mass is 127. The Balaban J connectivity index is 2.34. The van der Waals surface area contributed by atoms with Crippen LogP contribution in [0, 0.1) is 23.2 Å². The number of allylic oxidation sites excluding steroid dienone is 7. The molecule has 18 heavy (non-hydrogen) atoms. The van der Waals surface area contributed by atoms with E-state index < -0.39 is 0 Å². The van der Waals surface area contributed by atoms with Crippen molar-refractivity contribution in [2.24, 2.45) is 23.2 Å². The molecule has 1 saturated carbocycles. The molecular formula is C16H20I2. The van der Waals surface area contributed by atoms with Crippen LogP contribution in [0.4, 0.5) is 0 Å². The van der Waals surface area contributed by atoms with Gasteiger partial charge in [-0.1, -0.05) is 50.3 Å². The third-order valence-corrected chi connectivity index (χ3v) is 6.32. The molecule has 0 radical (unpaired) electrons. The Labute approximate surface area is 138 Å². The fourth-order valence-corrected chi connectivity index (χ4v) is 4.36. The molecule has 0 bridgehead atoms. The summed E-state index contributed by atoms with van der Waals surface area (Å²) in [5, 5.41) is 0. The summed E-state index contributed by atoms with van der Waals surface area (Å²) >= 11 is 4.89. The molecule has 0 aliphatic heterocycles. The first-order valence-corrected chi connectivity index (χ1v) is 8.58. The molecule has 98 valence electrons. The van der Waals surface area contributed by atoms with Gasteiger partial charge in [-0.15, -0.1) is 0 Å². The lowest BCUT2D eigenvalue weighted by molar-refractivity contribution is 0.218. The highest BCUT2D eigenvalue weighted by Crippen LogP contribution is 2.58. The first-order valence-electron chi connectivity index (χ1n) is 6.42. The van der Waals surface area contributed by atoms with E-state index in [0.29, 0.717) is 23.2 Å². The lowest BCUT2D eigenvalue weighted by atomic mass is 9.72. The summed E-state index contributed by atoms with van der Waals surface area (Å²) in [5.74, 6) is 1.76. The van der Waals surface area contributed by atoms with Gasteiger partial charge in [-0.2, -0.15) is 0 Å². The highest BCUT2D eigenvalue weighted by molar-refractivity contribution is 14.1. The van der Waals surface area contributed by atoms with Crippen LogP contribution in [0.3, 0.4) is 0 Å². The summed E-state index contributed by atoms with van der Waals surface area (Å²) in [6.07, 6.45) is 10.4. The zero-order chi connectivity index (χ0) is 13.5. The van der Waals surface area contributed by atoms with Gasteiger partial charge < -0.3 is 0 Å². The summed E-state index contributed by atoms with van der Waals surface area (Å²) in [6, 6.07) is 0. The lowest BCUT2D eigenvalue weighted by Crippen LogP contribution is -2.26. The average Bonchev–Trinajstić information content (AvgIpc) is 2.50. The Morgan fingerprint density at radius 3 is 2.78 bits per heavy atom. The van der Waals surface area contributed by atoms with Crippen LogP contribution in [0.1, 0.15) is 27.2 Å². The van der Waals surface area contributed by atoms with Crippen molar-refractivity contribution in [3.05, 3.63) is 43.6 Å². The zero-order valence-corrected chi connectivity index (χ0v) is 15.5. The van der Waals surface area contributed by atoms with E-state index >= 15 is 0 Å². The minimum Gasteiger partial charge on any atom is -0.0989 e. The van der Waals surface area contributed by atoms with Gasteiger partial charge in [0.15, 0.2) is 0 Å². The summed E-state index contributed by atoms with van der Waals surface area (Å²) in [5.41, 5.74) is 1.74. The highest BCUT2D eigenvalue weighted by Gasteiger charge is 2.49. The maximum atomic E-state index is 4.41. The Hall–Kier alpha value is 0.420. The Bertz CT molecular complexity index is 452. The molecule has 2 aliphatic rings. The molecule has 2 rings (SSSR count). The van der Waals surface area contributed by atoms with Crippen LogP contribution in [0.25, 0.3) is 0 Å². The molecular weight excluding hydrogens is 446 g/mol. The number of hydrogen-bond donors (Lipinski definition) is 0. The fraction of sp³-hybridized carbons (Fsp3) is 0.500. The van der Waals surface area contributed by atoms with Crippen molar-refractivity contribution in [1.29, 1.82) is 0 Å². The third-order valence-electron chi connectivity index (χ3n) is 4.53. The molecule has 0 amide bonds. The van der Waals surface area contributed by atoms with Gasteiger partial charge in [-0.3, -0.25) is 0 Å². The number of fused-ring (bicyclic) bond motifs is 1. The average molecular weight is 466 g/mol. The molecule has 0 aromatic heterocycles. The minimum atomic E-state index is 0.308. The Morgan fingerprint density at radius 2 is 2.17 bits per heavy atom. The monoisotopic (exact) mass is 466 g/mol. The lowest BCUT2D eigenvalue weighted by Gasteiger charge is -2.33. The Morgan fingerprint density at radius 1 is 1.50 bits per heavy atom. The topological polar surface area (TPSA) is 0 Å². The van der Waals surface area contributed by atoms with Crippen molar-refractivity contribution in [3.8, 4) is 0 Å². The second kappa shape index (κ2) is 5.43. The van der Waals surface area contributed by atoms with E-state index in [0.717, 1.165) is 6.42 Å². The number of rotatable bonds is 2. The molecule has 0 nitrogen and oxygen atoms in total. The summed E-state index contributed by atoms with van der Waals surface area (Å²) in [4.78, 5) is 0. The maximum absolute atomic E-state index is 4.41. The second-order valence-corrected chi connectivity index (χ2v) is 8.48. The van der Waals surface area contributed by atoms with Crippen molar-refractivity contribution in [2.45, 2.75) is 27.2 Å². The van der Waals surface area contributed by atoms with E-state index in [-0.39, 0.29) is 0 Å². The molecule has 2 aliphatic carbocycles. The normalized spacial score (nSPS) is 34.5. The minimum absolute atomic E-state index is 0.308. The third kappa shape index (κ3) is 2.51. The van der Waals surface area contributed by atoms with E-state index in [9.17, 15) is 0 Å². The van der Waals surface area contributed by atoms with Crippen molar-refractivity contribution in [2.75, 3.05) is 0 Å². The van der Waals surface area contributed by atoms with E-state index in [1.54, 1.807) is 0 Å². The van der Waals surface area contributed by atoms with Gasteiger partial charge in [0.1, 0.15) is 0 Å². The summed E-state index contributed by atoms with van der Waals surface area (Å²) < 4.78 is 2.82. The molecule has 0 heterocycles. The van der Waals surface area contributed by atoms with Gasteiger partial charge in [0.25, 0.3) is 0 Å². The molecule has 0 aromatic rings. The van der Waals surface area contributed by atoms with Gasteiger partial charge in [0.05, 0.1) is 0 Å². The van der Waals surface area contributed by atoms with E-state index in [1.807, 2.05) is 0 Å². The summed E-state index contributed by atoms with van der Waals surface area (Å²) in [6.45, 7) is 11.4. The molecule has 0 saturated heterocycles. The van der Waals surface area contributed by atoms with Crippen LogP contribution in [-0.4, -0.2) is 0 Å². The molecule has 2 unspecified atom stereocenters. The zero-order valence-electron chi connectivity index (χ0n) is 11.2. The standard InChI is InChI=1S/C16H20I2/c1-5-11(17)8-14-10(2)13-7-6-12(18)9-15(13)16(14,3)4/h5-7,9,13-15H,2,8H2,1,3-4H3/b11-5+/t13?,14?,15-/m0/s1. The molecule has 2 heteroatoms. The Kier molecular flexibility index (Phi) is 4.47.